The lowest BCUT2D eigenvalue weighted by atomic mass is 10.1. The number of sulfone groups is 1. The molecular weight excluding hydrogens is 405 g/mol. The lowest BCUT2D eigenvalue weighted by Crippen LogP contribution is -2.41. The molecule has 2 saturated heterocycles. The summed E-state index contributed by atoms with van der Waals surface area (Å²) in [6.45, 7) is 4.98. The summed E-state index contributed by atoms with van der Waals surface area (Å²) in [5.41, 5.74) is 0. The zero-order valence-electron chi connectivity index (χ0n) is 12.5. The summed E-state index contributed by atoms with van der Waals surface area (Å²) < 4.78 is 28.4. The molecule has 0 aromatic carbocycles. The van der Waals surface area contributed by atoms with E-state index in [1.807, 2.05) is 6.92 Å². The van der Waals surface area contributed by atoms with Crippen molar-refractivity contribution >= 4 is 39.8 Å². The van der Waals surface area contributed by atoms with Gasteiger partial charge in [0.05, 0.1) is 17.6 Å². The molecule has 0 aliphatic carbocycles. The van der Waals surface area contributed by atoms with E-state index in [0.717, 1.165) is 44.9 Å². The number of ether oxygens (including phenoxy) is 1. The van der Waals surface area contributed by atoms with E-state index in [0.29, 0.717) is 12.3 Å². The number of guanidine groups is 1. The van der Waals surface area contributed by atoms with Gasteiger partial charge in [0, 0.05) is 26.2 Å². The average molecular weight is 431 g/mol. The Kier molecular flexibility index (Phi) is 8.25. The summed E-state index contributed by atoms with van der Waals surface area (Å²) in [4.78, 5) is 4.50. The van der Waals surface area contributed by atoms with Crippen LogP contribution < -0.4 is 10.6 Å². The van der Waals surface area contributed by atoms with E-state index in [9.17, 15) is 8.42 Å². The van der Waals surface area contributed by atoms with Crippen molar-refractivity contribution in [3.05, 3.63) is 0 Å². The predicted molar refractivity (Wildman–Crippen MR) is 95.1 cm³/mol. The predicted octanol–water partition coefficient (Wildman–Crippen LogP) is 0.773. The fourth-order valence-corrected chi connectivity index (χ4v) is 4.44. The molecule has 2 N–H and O–H groups in total. The van der Waals surface area contributed by atoms with E-state index in [-0.39, 0.29) is 41.8 Å². The van der Waals surface area contributed by atoms with Gasteiger partial charge in [-0.25, -0.2) is 8.42 Å². The van der Waals surface area contributed by atoms with Crippen molar-refractivity contribution in [2.45, 2.75) is 32.3 Å². The molecule has 2 fully saturated rings. The van der Waals surface area contributed by atoms with Crippen LogP contribution in [0, 0.1) is 5.92 Å². The molecule has 8 heteroatoms. The van der Waals surface area contributed by atoms with Crippen molar-refractivity contribution in [3.63, 3.8) is 0 Å². The molecular formula is C13H26IN3O3S. The molecule has 0 amide bonds. The number of aliphatic imine (C=N–C) groups is 1. The smallest absolute Gasteiger partial charge is 0.191 e. The van der Waals surface area contributed by atoms with E-state index in [1.165, 1.54) is 0 Å². The third-order valence-electron chi connectivity index (χ3n) is 3.70. The van der Waals surface area contributed by atoms with Crippen LogP contribution in [0.2, 0.25) is 0 Å². The van der Waals surface area contributed by atoms with E-state index in [1.54, 1.807) is 0 Å². The molecule has 0 bridgehead atoms. The van der Waals surface area contributed by atoms with Crippen molar-refractivity contribution < 1.29 is 13.2 Å². The molecule has 0 radical (unpaired) electrons. The molecule has 2 unspecified atom stereocenters. The molecule has 2 aliphatic heterocycles. The highest BCUT2D eigenvalue weighted by molar-refractivity contribution is 14.0. The second-order valence-corrected chi connectivity index (χ2v) is 7.73. The Bertz CT molecular complexity index is 436. The maximum absolute atomic E-state index is 11.4. The summed E-state index contributed by atoms with van der Waals surface area (Å²) >= 11 is 0. The zero-order valence-corrected chi connectivity index (χ0v) is 15.7. The maximum atomic E-state index is 11.4. The molecule has 0 spiro atoms. The second-order valence-electron chi connectivity index (χ2n) is 5.50. The van der Waals surface area contributed by atoms with E-state index >= 15 is 0 Å². The van der Waals surface area contributed by atoms with E-state index < -0.39 is 9.84 Å². The van der Waals surface area contributed by atoms with Crippen molar-refractivity contribution in [1.29, 1.82) is 0 Å². The largest absolute Gasteiger partial charge is 0.376 e. The highest BCUT2D eigenvalue weighted by Gasteiger charge is 2.27. The average Bonchev–Trinajstić information content (AvgIpc) is 3.02. The van der Waals surface area contributed by atoms with Crippen LogP contribution in [-0.2, 0) is 14.6 Å². The summed E-state index contributed by atoms with van der Waals surface area (Å²) in [5, 5.41) is 6.46. The molecule has 124 valence electrons. The number of rotatable bonds is 5. The van der Waals surface area contributed by atoms with Gasteiger partial charge < -0.3 is 15.4 Å². The third kappa shape index (κ3) is 6.68. The first-order valence-electron chi connectivity index (χ1n) is 7.43. The summed E-state index contributed by atoms with van der Waals surface area (Å²) in [6, 6.07) is 0. The molecule has 2 heterocycles. The van der Waals surface area contributed by atoms with Crippen molar-refractivity contribution in [3.8, 4) is 0 Å². The summed E-state index contributed by atoms with van der Waals surface area (Å²) in [6.07, 6.45) is 3.22. The van der Waals surface area contributed by atoms with Gasteiger partial charge in [0.2, 0.25) is 0 Å². The van der Waals surface area contributed by atoms with Gasteiger partial charge in [0.15, 0.2) is 15.8 Å². The van der Waals surface area contributed by atoms with Crippen LogP contribution in [0.4, 0.5) is 0 Å². The Hall–Kier alpha value is -0.0900. The summed E-state index contributed by atoms with van der Waals surface area (Å²) in [5.74, 6) is 1.51. The molecule has 2 rings (SSSR count). The fourth-order valence-electron chi connectivity index (χ4n) is 2.59. The first-order chi connectivity index (χ1) is 9.59. The van der Waals surface area contributed by atoms with E-state index in [4.69, 9.17) is 4.74 Å². The van der Waals surface area contributed by atoms with Gasteiger partial charge in [-0.1, -0.05) is 0 Å². The molecule has 2 atom stereocenters. The monoisotopic (exact) mass is 431 g/mol. The molecule has 0 saturated carbocycles. The maximum Gasteiger partial charge on any atom is 0.191 e. The number of halogens is 1. The first-order valence-corrected chi connectivity index (χ1v) is 9.25. The minimum atomic E-state index is -2.81. The van der Waals surface area contributed by atoms with Crippen LogP contribution in [0.1, 0.15) is 26.2 Å². The van der Waals surface area contributed by atoms with Gasteiger partial charge >= 0.3 is 0 Å². The number of hydrogen-bond acceptors (Lipinski definition) is 4. The van der Waals surface area contributed by atoms with Crippen molar-refractivity contribution in [2.24, 2.45) is 10.9 Å². The molecule has 6 nitrogen and oxygen atoms in total. The number of hydrogen-bond donors (Lipinski definition) is 2. The van der Waals surface area contributed by atoms with Crippen LogP contribution >= 0.6 is 24.0 Å². The van der Waals surface area contributed by atoms with Crippen LogP contribution in [-0.4, -0.2) is 58.2 Å². The normalized spacial score (nSPS) is 28.1. The standard InChI is InChI=1S/C13H25N3O3S.HI/c1-2-14-13(16-9-12-4-3-6-19-12)15-8-11-5-7-20(17,18)10-11;/h11-12H,2-10H2,1H3,(H2,14,15,16);1H. The van der Waals surface area contributed by atoms with Crippen molar-refractivity contribution in [1.82, 2.24) is 10.6 Å². The Labute approximate surface area is 144 Å². The minimum absolute atomic E-state index is 0. The Morgan fingerprint density at radius 2 is 2.14 bits per heavy atom. The van der Waals surface area contributed by atoms with Crippen LogP contribution in [0.5, 0.6) is 0 Å². The third-order valence-corrected chi connectivity index (χ3v) is 5.54. The lowest BCUT2D eigenvalue weighted by Gasteiger charge is -2.15. The highest BCUT2D eigenvalue weighted by Crippen LogP contribution is 2.18. The van der Waals surface area contributed by atoms with Crippen LogP contribution in [0.3, 0.4) is 0 Å². The topological polar surface area (TPSA) is 79.8 Å². The summed E-state index contributed by atoms with van der Waals surface area (Å²) in [7, 11) is -2.81. The van der Waals surface area contributed by atoms with Crippen LogP contribution in [0.25, 0.3) is 0 Å². The molecule has 2 aliphatic rings. The van der Waals surface area contributed by atoms with Gasteiger partial charge in [-0.05, 0) is 32.1 Å². The first kappa shape index (κ1) is 19.0. The van der Waals surface area contributed by atoms with Gasteiger partial charge in [0.25, 0.3) is 0 Å². The van der Waals surface area contributed by atoms with Crippen LogP contribution in [0.15, 0.2) is 4.99 Å². The Morgan fingerprint density at radius 3 is 2.71 bits per heavy atom. The van der Waals surface area contributed by atoms with Crippen molar-refractivity contribution in [2.75, 3.05) is 37.7 Å². The Balaban J connectivity index is 0.00000220. The zero-order chi connectivity index (χ0) is 14.4. The molecule has 21 heavy (non-hydrogen) atoms. The quantitative estimate of drug-likeness (QED) is 0.382. The second kappa shape index (κ2) is 9.14. The fraction of sp³-hybridized carbons (Fsp3) is 0.923. The minimum Gasteiger partial charge on any atom is -0.376 e. The van der Waals surface area contributed by atoms with Gasteiger partial charge in [-0.2, -0.15) is 0 Å². The number of nitrogens with one attached hydrogen (secondary N) is 2. The SMILES string of the molecule is CCNC(=NCC1CCS(=O)(=O)C1)NCC1CCCO1.I. The van der Waals surface area contributed by atoms with Gasteiger partial charge in [0.1, 0.15) is 0 Å². The van der Waals surface area contributed by atoms with E-state index in [2.05, 4.69) is 15.6 Å². The number of nitrogens with zero attached hydrogens (tertiary/aromatic N) is 1. The van der Waals surface area contributed by atoms with Gasteiger partial charge in [-0.3, -0.25) is 4.99 Å². The molecule has 0 aromatic heterocycles. The molecule has 0 aromatic rings. The highest BCUT2D eigenvalue weighted by atomic mass is 127. The van der Waals surface area contributed by atoms with Gasteiger partial charge in [-0.15, -0.1) is 24.0 Å². The Morgan fingerprint density at radius 1 is 1.33 bits per heavy atom. The lowest BCUT2D eigenvalue weighted by molar-refractivity contribution is 0.114.